The van der Waals surface area contributed by atoms with Gasteiger partial charge in [-0.05, 0) is 60.2 Å². The van der Waals surface area contributed by atoms with E-state index in [0.29, 0.717) is 22.0 Å². The standard InChI is InChI=1S/C21H16BrCl2NO/c22-16-8-4-14(5-9-16)20(25-19-3-1-2-18(24)12-19)13-21(26)15-6-10-17(23)11-7-15/h1-12,20,25H,13H2. The summed E-state index contributed by atoms with van der Waals surface area (Å²) < 4.78 is 0.992. The molecule has 3 aromatic carbocycles. The Morgan fingerprint density at radius 1 is 0.923 bits per heavy atom. The van der Waals surface area contributed by atoms with Crippen LogP contribution in [0.25, 0.3) is 0 Å². The first-order valence-electron chi connectivity index (χ1n) is 8.07. The molecule has 0 fully saturated rings. The molecule has 1 atom stereocenters. The van der Waals surface area contributed by atoms with E-state index in [1.54, 1.807) is 24.3 Å². The van der Waals surface area contributed by atoms with Gasteiger partial charge < -0.3 is 5.32 Å². The third-order valence-corrected chi connectivity index (χ3v) is 5.01. The highest BCUT2D eigenvalue weighted by molar-refractivity contribution is 9.10. The molecule has 0 aliphatic rings. The van der Waals surface area contributed by atoms with Gasteiger partial charge in [-0.3, -0.25) is 4.79 Å². The van der Waals surface area contributed by atoms with Crippen LogP contribution in [0.1, 0.15) is 28.4 Å². The number of ketones is 1. The lowest BCUT2D eigenvalue weighted by molar-refractivity contribution is 0.0976. The number of benzene rings is 3. The predicted molar refractivity (Wildman–Crippen MR) is 112 cm³/mol. The molecule has 0 spiro atoms. The van der Waals surface area contributed by atoms with Crippen molar-refractivity contribution in [3.05, 3.63) is 98.4 Å². The normalized spacial score (nSPS) is 11.8. The topological polar surface area (TPSA) is 29.1 Å². The first-order valence-corrected chi connectivity index (χ1v) is 9.62. The first-order chi connectivity index (χ1) is 12.5. The van der Waals surface area contributed by atoms with E-state index < -0.39 is 0 Å². The number of hydrogen-bond acceptors (Lipinski definition) is 2. The SMILES string of the molecule is O=C(CC(Nc1cccc(Cl)c1)c1ccc(Br)cc1)c1ccc(Cl)cc1. The van der Waals surface area contributed by atoms with Crippen LogP contribution in [0.15, 0.2) is 77.3 Å². The zero-order valence-corrected chi connectivity index (χ0v) is 16.9. The molecule has 0 bridgehead atoms. The van der Waals surface area contributed by atoms with Crippen molar-refractivity contribution < 1.29 is 4.79 Å². The summed E-state index contributed by atoms with van der Waals surface area (Å²) in [5, 5.41) is 4.68. The molecule has 0 amide bonds. The molecular weight excluding hydrogens is 433 g/mol. The molecule has 0 aliphatic heterocycles. The van der Waals surface area contributed by atoms with Crippen LogP contribution in [0.4, 0.5) is 5.69 Å². The quantitative estimate of drug-likeness (QED) is 0.404. The Balaban J connectivity index is 1.85. The van der Waals surface area contributed by atoms with Crippen LogP contribution in [-0.4, -0.2) is 5.78 Å². The highest BCUT2D eigenvalue weighted by Crippen LogP contribution is 2.27. The average molecular weight is 449 g/mol. The van der Waals surface area contributed by atoms with Crippen LogP contribution in [-0.2, 0) is 0 Å². The van der Waals surface area contributed by atoms with E-state index in [4.69, 9.17) is 23.2 Å². The lowest BCUT2D eigenvalue weighted by atomic mass is 9.97. The Morgan fingerprint density at radius 2 is 1.62 bits per heavy atom. The molecule has 5 heteroatoms. The average Bonchev–Trinajstić information content (AvgIpc) is 2.62. The summed E-state index contributed by atoms with van der Waals surface area (Å²) >= 11 is 15.4. The van der Waals surface area contributed by atoms with Crippen LogP contribution < -0.4 is 5.32 Å². The van der Waals surface area contributed by atoms with E-state index in [2.05, 4.69) is 21.2 Å². The van der Waals surface area contributed by atoms with Gasteiger partial charge in [-0.2, -0.15) is 0 Å². The fourth-order valence-corrected chi connectivity index (χ4v) is 3.25. The summed E-state index contributed by atoms with van der Waals surface area (Å²) in [6.45, 7) is 0. The molecule has 0 aliphatic carbocycles. The lowest BCUT2D eigenvalue weighted by Gasteiger charge is -2.20. The van der Waals surface area contributed by atoms with Gasteiger partial charge in [-0.1, -0.05) is 57.3 Å². The Hall–Kier alpha value is -1.81. The third-order valence-electron chi connectivity index (χ3n) is 3.99. The molecule has 0 saturated heterocycles. The third kappa shape index (κ3) is 5.10. The van der Waals surface area contributed by atoms with E-state index in [-0.39, 0.29) is 11.8 Å². The summed E-state index contributed by atoms with van der Waals surface area (Å²) in [5.41, 5.74) is 2.54. The minimum absolute atomic E-state index is 0.0455. The van der Waals surface area contributed by atoms with Gasteiger partial charge in [0.25, 0.3) is 0 Å². The predicted octanol–water partition coefficient (Wildman–Crippen LogP) is 7.18. The van der Waals surface area contributed by atoms with Gasteiger partial charge in [-0.25, -0.2) is 0 Å². The van der Waals surface area contributed by atoms with Crippen LogP contribution >= 0.6 is 39.1 Å². The maximum atomic E-state index is 12.7. The molecular formula is C21H16BrCl2NO. The molecule has 2 nitrogen and oxygen atoms in total. The van der Waals surface area contributed by atoms with Gasteiger partial charge in [0, 0.05) is 32.2 Å². The van der Waals surface area contributed by atoms with Crippen molar-refractivity contribution in [1.82, 2.24) is 0 Å². The van der Waals surface area contributed by atoms with E-state index in [0.717, 1.165) is 15.7 Å². The second-order valence-electron chi connectivity index (χ2n) is 5.89. The van der Waals surface area contributed by atoms with Crippen molar-refractivity contribution in [2.75, 3.05) is 5.32 Å². The van der Waals surface area contributed by atoms with E-state index >= 15 is 0 Å². The summed E-state index contributed by atoms with van der Waals surface area (Å²) in [4.78, 5) is 12.7. The molecule has 0 saturated carbocycles. The van der Waals surface area contributed by atoms with Gasteiger partial charge >= 0.3 is 0 Å². The zero-order chi connectivity index (χ0) is 18.5. The fourth-order valence-electron chi connectivity index (χ4n) is 2.67. The highest BCUT2D eigenvalue weighted by Gasteiger charge is 2.17. The summed E-state index contributed by atoms with van der Waals surface area (Å²) in [7, 11) is 0. The van der Waals surface area contributed by atoms with Gasteiger partial charge in [-0.15, -0.1) is 0 Å². The van der Waals surface area contributed by atoms with E-state index in [9.17, 15) is 4.79 Å². The van der Waals surface area contributed by atoms with Crippen LogP contribution in [0, 0.1) is 0 Å². The fraction of sp³-hybridized carbons (Fsp3) is 0.0952. The molecule has 1 unspecified atom stereocenters. The Morgan fingerprint density at radius 3 is 2.27 bits per heavy atom. The lowest BCUT2D eigenvalue weighted by Crippen LogP contribution is -2.15. The molecule has 0 aromatic heterocycles. The number of rotatable bonds is 6. The van der Waals surface area contributed by atoms with Crippen molar-refractivity contribution in [3.63, 3.8) is 0 Å². The van der Waals surface area contributed by atoms with E-state index in [1.165, 1.54) is 0 Å². The first kappa shape index (κ1) is 19.0. The zero-order valence-electron chi connectivity index (χ0n) is 13.8. The van der Waals surface area contributed by atoms with Crippen molar-refractivity contribution in [1.29, 1.82) is 0 Å². The minimum atomic E-state index is -0.176. The molecule has 3 rings (SSSR count). The second-order valence-corrected chi connectivity index (χ2v) is 7.68. The van der Waals surface area contributed by atoms with E-state index in [1.807, 2.05) is 48.5 Å². The maximum Gasteiger partial charge on any atom is 0.165 e. The Labute approximate surface area is 171 Å². The number of hydrogen-bond donors (Lipinski definition) is 1. The largest absolute Gasteiger partial charge is 0.378 e. The number of carbonyl (C=O) groups is 1. The van der Waals surface area contributed by atoms with Crippen molar-refractivity contribution in [2.24, 2.45) is 0 Å². The van der Waals surface area contributed by atoms with Gasteiger partial charge in [0.15, 0.2) is 5.78 Å². The molecule has 26 heavy (non-hydrogen) atoms. The van der Waals surface area contributed by atoms with Gasteiger partial charge in [0.2, 0.25) is 0 Å². The number of carbonyl (C=O) groups excluding carboxylic acids is 1. The van der Waals surface area contributed by atoms with Crippen molar-refractivity contribution in [3.8, 4) is 0 Å². The number of nitrogens with one attached hydrogen (secondary N) is 1. The number of anilines is 1. The second kappa shape index (κ2) is 8.72. The molecule has 1 N–H and O–H groups in total. The summed E-state index contributed by atoms with van der Waals surface area (Å²) in [6.07, 6.45) is 0.315. The van der Waals surface area contributed by atoms with Gasteiger partial charge in [0.05, 0.1) is 6.04 Å². The van der Waals surface area contributed by atoms with Crippen LogP contribution in [0.2, 0.25) is 10.0 Å². The monoisotopic (exact) mass is 447 g/mol. The minimum Gasteiger partial charge on any atom is -0.378 e. The Kier molecular flexibility index (Phi) is 6.36. The molecule has 0 heterocycles. The van der Waals surface area contributed by atoms with Crippen molar-refractivity contribution >= 4 is 50.6 Å². The van der Waals surface area contributed by atoms with Crippen molar-refractivity contribution in [2.45, 2.75) is 12.5 Å². The molecule has 132 valence electrons. The van der Waals surface area contributed by atoms with Crippen LogP contribution in [0.5, 0.6) is 0 Å². The molecule has 0 radical (unpaired) electrons. The number of halogens is 3. The highest BCUT2D eigenvalue weighted by atomic mass is 79.9. The Bertz CT molecular complexity index is 895. The molecule has 3 aromatic rings. The smallest absolute Gasteiger partial charge is 0.165 e. The summed E-state index contributed by atoms with van der Waals surface area (Å²) in [5.74, 6) is 0.0455. The van der Waals surface area contributed by atoms with Crippen LogP contribution in [0.3, 0.4) is 0 Å². The van der Waals surface area contributed by atoms with Gasteiger partial charge in [0.1, 0.15) is 0 Å². The number of Topliss-reactive ketones (excluding diaryl/α,β-unsaturated/α-hetero) is 1. The maximum absolute atomic E-state index is 12.7. The summed E-state index contributed by atoms with van der Waals surface area (Å²) in [6, 6.07) is 22.2.